The molecule has 5 heteroatoms. The molecule has 0 aliphatic carbocycles. The Balaban J connectivity index is 2.06. The topological polar surface area (TPSA) is 75.0 Å². The maximum atomic E-state index is 11.7. The van der Waals surface area contributed by atoms with Crippen molar-refractivity contribution >= 4 is 5.91 Å². The number of hydrogen-bond acceptors (Lipinski definition) is 3. The summed E-state index contributed by atoms with van der Waals surface area (Å²) in [5.41, 5.74) is 6.30. The van der Waals surface area contributed by atoms with Crippen LogP contribution in [0.3, 0.4) is 0 Å². The average Bonchev–Trinajstić information content (AvgIpc) is 2.72. The number of carbonyl (C=O) groups excluding carboxylic acids is 1. The van der Waals surface area contributed by atoms with Crippen molar-refractivity contribution in [1.29, 1.82) is 0 Å². The zero-order valence-corrected chi connectivity index (χ0v) is 7.23. The van der Waals surface area contributed by atoms with Crippen molar-refractivity contribution in [2.24, 2.45) is 5.73 Å². The van der Waals surface area contributed by atoms with Gasteiger partial charge in [-0.05, 0) is 6.42 Å². The van der Waals surface area contributed by atoms with Crippen molar-refractivity contribution in [1.82, 2.24) is 15.1 Å². The zero-order chi connectivity index (χ0) is 9.26. The molecule has 1 aliphatic rings. The maximum absolute atomic E-state index is 11.7. The third-order valence-electron chi connectivity index (χ3n) is 2.26. The largest absolute Gasteiger partial charge is 0.337 e. The van der Waals surface area contributed by atoms with Gasteiger partial charge in [-0.25, -0.2) is 0 Å². The molecule has 0 saturated carbocycles. The van der Waals surface area contributed by atoms with E-state index in [1.165, 1.54) is 6.20 Å². The van der Waals surface area contributed by atoms with E-state index in [2.05, 4.69) is 10.2 Å². The predicted molar refractivity (Wildman–Crippen MR) is 47.1 cm³/mol. The lowest BCUT2D eigenvalue weighted by Gasteiger charge is -2.13. The molecule has 2 rings (SSSR count). The fourth-order valence-electron chi connectivity index (χ4n) is 1.52. The van der Waals surface area contributed by atoms with E-state index in [-0.39, 0.29) is 11.9 Å². The SMILES string of the molecule is NC1CCN(C(=O)c2cn[nH]c2)C1. The van der Waals surface area contributed by atoms with Gasteiger partial charge in [0.05, 0.1) is 11.8 Å². The van der Waals surface area contributed by atoms with Crippen LogP contribution in [0.25, 0.3) is 0 Å². The van der Waals surface area contributed by atoms with Crippen molar-refractivity contribution < 1.29 is 4.79 Å². The second kappa shape index (κ2) is 3.18. The molecule has 1 amide bonds. The van der Waals surface area contributed by atoms with E-state index in [0.717, 1.165) is 13.0 Å². The summed E-state index contributed by atoms with van der Waals surface area (Å²) in [6.07, 6.45) is 4.03. The summed E-state index contributed by atoms with van der Waals surface area (Å²) in [6.45, 7) is 1.41. The summed E-state index contributed by atoms with van der Waals surface area (Å²) >= 11 is 0. The second-order valence-corrected chi connectivity index (χ2v) is 3.29. The molecule has 0 aromatic carbocycles. The van der Waals surface area contributed by atoms with E-state index < -0.39 is 0 Å². The minimum Gasteiger partial charge on any atom is -0.337 e. The van der Waals surface area contributed by atoms with Gasteiger partial charge in [-0.1, -0.05) is 0 Å². The Labute approximate surface area is 75.9 Å². The minimum atomic E-state index is 0.0155. The van der Waals surface area contributed by atoms with Gasteiger partial charge in [0.2, 0.25) is 0 Å². The van der Waals surface area contributed by atoms with Crippen LogP contribution in [-0.2, 0) is 0 Å². The molecule has 1 unspecified atom stereocenters. The highest BCUT2D eigenvalue weighted by atomic mass is 16.2. The first-order valence-corrected chi connectivity index (χ1v) is 4.31. The smallest absolute Gasteiger partial charge is 0.257 e. The van der Waals surface area contributed by atoms with Crippen LogP contribution in [0.2, 0.25) is 0 Å². The molecule has 1 fully saturated rings. The van der Waals surface area contributed by atoms with Gasteiger partial charge >= 0.3 is 0 Å². The van der Waals surface area contributed by atoms with E-state index >= 15 is 0 Å². The van der Waals surface area contributed by atoms with Crippen molar-refractivity contribution in [2.45, 2.75) is 12.5 Å². The van der Waals surface area contributed by atoms with E-state index in [1.807, 2.05) is 0 Å². The molecule has 1 aliphatic heterocycles. The molecule has 0 radical (unpaired) electrons. The summed E-state index contributed by atoms with van der Waals surface area (Å²) in [5.74, 6) is 0.0155. The molecule has 70 valence electrons. The summed E-state index contributed by atoms with van der Waals surface area (Å²) in [6, 6.07) is 0.135. The van der Waals surface area contributed by atoms with Crippen LogP contribution in [0.15, 0.2) is 12.4 Å². The van der Waals surface area contributed by atoms with E-state index in [1.54, 1.807) is 11.1 Å². The number of rotatable bonds is 1. The van der Waals surface area contributed by atoms with Gasteiger partial charge in [-0.3, -0.25) is 9.89 Å². The van der Waals surface area contributed by atoms with Crippen LogP contribution in [0.1, 0.15) is 16.8 Å². The van der Waals surface area contributed by atoms with Crippen LogP contribution in [-0.4, -0.2) is 40.1 Å². The lowest BCUT2D eigenvalue weighted by atomic mass is 10.3. The first-order valence-electron chi connectivity index (χ1n) is 4.31. The Kier molecular flexibility index (Phi) is 2.02. The van der Waals surface area contributed by atoms with Crippen LogP contribution >= 0.6 is 0 Å². The second-order valence-electron chi connectivity index (χ2n) is 3.29. The number of H-pyrrole nitrogens is 1. The maximum Gasteiger partial charge on any atom is 0.257 e. The number of nitrogens with one attached hydrogen (secondary N) is 1. The molecule has 2 heterocycles. The van der Waals surface area contributed by atoms with Gasteiger partial charge in [0.15, 0.2) is 0 Å². The first-order chi connectivity index (χ1) is 6.27. The third kappa shape index (κ3) is 1.55. The normalized spacial score (nSPS) is 22.2. The first kappa shape index (κ1) is 8.25. The van der Waals surface area contributed by atoms with Crippen molar-refractivity contribution in [3.63, 3.8) is 0 Å². The Morgan fingerprint density at radius 1 is 1.77 bits per heavy atom. The fraction of sp³-hybridized carbons (Fsp3) is 0.500. The lowest BCUT2D eigenvalue weighted by molar-refractivity contribution is 0.0791. The Bertz CT molecular complexity index is 295. The van der Waals surface area contributed by atoms with Crippen molar-refractivity contribution in [3.8, 4) is 0 Å². The summed E-state index contributed by atoms with van der Waals surface area (Å²) in [5, 5.41) is 6.35. The number of nitrogens with two attached hydrogens (primary N) is 1. The Morgan fingerprint density at radius 2 is 2.62 bits per heavy atom. The minimum absolute atomic E-state index is 0.0155. The standard InChI is InChI=1S/C8H12N4O/c9-7-1-2-12(5-7)8(13)6-3-10-11-4-6/h3-4,7H,1-2,5,9H2,(H,10,11). The molecular weight excluding hydrogens is 168 g/mol. The fourth-order valence-corrected chi connectivity index (χ4v) is 1.52. The molecule has 1 aromatic heterocycles. The summed E-state index contributed by atoms with van der Waals surface area (Å²) < 4.78 is 0. The molecule has 1 aromatic rings. The highest BCUT2D eigenvalue weighted by Gasteiger charge is 2.24. The molecule has 1 saturated heterocycles. The molecule has 0 spiro atoms. The third-order valence-corrected chi connectivity index (χ3v) is 2.26. The van der Waals surface area contributed by atoms with Crippen molar-refractivity contribution in [3.05, 3.63) is 18.0 Å². The number of aromatic nitrogens is 2. The number of hydrogen-bond donors (Lipinski definition) is 2. The monoisotopic (exact) mass is 180 g/mol. The Hall–Kier alpha value is -1.36. The van der Waals surface area contributed by atoms with Gasteiger partial charge in [-0.2, -0.15) is 5.10 Å². The van der Waals surface area contributed by atoms with Crippen molar-refractivity contribution in [2.75, 3.05) is 13.1 Å². The molecule has 5 nitrogen and oxygen atoms in total. The number of likely N-dealkylation sites (tertiary alicyclic amines) is 1. The number of amides is 1. The number of aromatic amines is 1. The van der Waals surface area contributed by atoms with Gasteiger partial charge in [0.1, 0.15) is 0 Å². The van der Waals surface area contributed by atoms with E-state index in [9.17, 15) is 4.79 Å². The zero-order valence-electron chi connectivity index (χ0n) is 7.23. The van der Waals surface area contributed by atoms with Crippen LogP contribution < -0.4 is 5.73 Å². The van der Waals surface area contributed by atoms with Crippen LogP contribution in [0.4, 0.5) is 0 Å². The number of carbonyl (C=O) groups is 1. The lowest BCUT2D eigenvalue weighted by Crippen LogP contribution is -2.31. The predicted octanol–water partition coefficient (Wildman–Crippen LogP) is -0.417. The highest BCUT2D eigenvalue weighted by molar-refractivity contribution is 5.93. The summed E-state index contributed by atoms with van der Waals surface area (Å²) in [4.78, 5) is 13.4. The summed E-state index contributed by atoms with van der Waals surface area (Å²) in [7, 11) is 0. The van der Waals surface area contributed by atoms with Gasteiger partial charge in [0, 0.05) is 25.3 Å². The molecular formula is C8H12N4O. The molecule has 1 atom stereocenters. The molecule has 0 bridgehead atoms. The van der Waals surface area contributed by atoms with E-state index in [4.69, 9.17) is 5.73 Å². The van der Waals surface area contributed by atoms with Crippen LogP contribution in [0, 0.1) is 0 Å². The quantitative estimate of drug-likeness (QED) is 0.616. The average molecular weight is 180 g/mol. The highest BCUT2D eigenvalue weighted by Crippen LogP contribution is 2.10. The van der Waals surface area contributed by atoms with E-state index in [0.29, 0.717) is 12.1 Å². The Morgan fingerprint density at radius 3 is 3.15 bits per heavy atom. The molecule has 3 N–H and O–H groups in total. The van der Waals surface area contributed by atoms with Crippen LogP contribution in [0.5, 0.6) is 0 Å². The molecule has 13 heavy (non-hydrogen) atoms. The van der Waals surface area contributed by atoms with Gasteiger partial charge < -0.3 is 10.6 Å². The van der Waals surface area contributed by atoms with Gasteiger partial charge in [0.25, 0.3) is 5.91 Å². The van der Waals surface area contributed by atoms with Gasteiger partial charge in [-0.15, -0.1) is 0 Å². The number of nitrogens with zero attached hydrogens (tertiary/aromatic N) is 2.